The Balaban J connectivity index is 1.44. The predicted molar refractivity (Wildman–Crippen MR) is 99.2 cm³/mol. The quantitative estimate of drug-likeness (QED) is 0.831. The molecule has 2 heterocycles. The number of hydrogen-bond acceptors (Lipinski definition) is 4. The van der Waals surface area contributed by atoms with Crippen LogP contribution in [-0.4, -0.2) is 67.2 Å². The summed E-state index contributed by atoms with van der Waals surface area (Å²) in [4.78, 5) is 17.2. The Morgan fingerprint density at radius 2 is 2.00 bits per heavy atom. The molecule has 2 unspecified atom stereocenters. The molecule has 132 valence electrons. The van der Waals surface area contributed by atoms with Gasteiger partial charge in [-0.15, -0.1) is 0 Å². The topological polar surface area (TPSA) is 44.8 Å². The minimum Gasteiger partial charge on any atom is -0.377 e. The van der Waals surface area contributed by atoms with E-state index in [9.17, 15) is 4.79 Å². The fourth-order valence-electron chi connectivity index (χ4n) is 3.36. The third kappa shape index (κ3) is 4.79. The number of halogens is 1. The maximum absolute atomic E-state index is 12.5. The smallest absolute Gasteiger partial charge is 0.241 e. The van der Waals surface area contributed by atoms with E-state index in [1.165, 1.54) is 12.8 Å². The van der Waals surface area contributed by atoms with Crippen molar-refractivity contribution >= 4 is 27.5 Å². The van der Waals surface area contributed by atoms with Crippen LogP contribution in [0.15, 0.2) is 28.7 Å². The first-order chi connectivity index (χ1) is 11.6. The standard InChI is InChI=1S/C18H26BrN3O2/c1-14(18(23)20-16-6-4-15(19)5-7-16)22-10-8-21(9-11-22)13-17-3-2-12-24-17/h4-7,14,17H,2-3,8-13H2,1H3,(H,20,23). The van der Waals surface area contributed by atoms with Gasteiger partial charge in [0.2, 0.25) is 5.91 Å². The Morgan fingerprint density at radius 1 is 1.29 bits per heavy atom. The average Bonchev–Trinajstić information content (AvgIpc) is 3.10. The van der Waals surface area contributed by atoms with Crippen molar-refractivity contribution in [3.63, 3.8) is 0 Å². The van der Waals surface area contributed by atoms with Gasteiger partial charge in [-0.2, -0.15) is 0 Å². The minimum absolute atomic E-state index is 0.0601. The van der Waals surface area contributed by atoms with E-state index in [1.807, 2.05) is 31.2 Å². The summed E-state index contributed by atoms with van der Waals surface area (Å²) in [6.07, 6.45) is 2.79. The Hall–Kier alpha value is -0.950. The van der Waals surface area contributed by atoms with Gasteiger partial charge < -0.3 is 10.1 Å². The number of rotatable bonds is 5. The summed E-state index contributed by atoms with van der Waals surface area (Å²) in [5, 5.41) is 3.00. The van der Waals surface area contributed by atoms with Crippen LogP contribution in [0, 0.1) is 0 Å². The number of nitrogens with zero attached hydrogens (tertiary/aromatic N) is 2. The van der Waals surface area contributed by atoms with E-state index in [4.69, 9.17) is 4.74 Å². The van der Waals surface area contributed by atoms with Crippen molar-refractivity contribution in [3.8, 4) is 0 Å². The number of hydrogen-bond donors (Lipinski definition) is 1. The number of carbonyl (C=O) groups excluding carboxylic acids is 1. The van der Waals surface area contributed by atoms with Crippen molar-refractivity contribution in [2.45, 2.75) is 31.9 Å². The summed E-state index contributed by atoms with van der Waals surface area (Å²) < 4.78 is 6.73. The second-order valence-corrected chi connectivity index (χ2v) is 7.56. The third-order valence-electron chi connectivity index (χ3n) is 4.93. The molecule has 2 saturated heterocycles. The lowest BCUT2D eigenvalue weighted by atomic mass is 10.2. The van der Waals surface area contributed by atoms with Gasteiger partial charge in [0, 0.05) is 49.5 Å². The molecule has 2 aliphatic rings. The molecule has 0 aromatic heterocycles. The zero-order valence-corrected chi connectivity index (χ0v) is 15.8. The Kier molecular flexibility index (Phi) is 6.27. The van der Waals surface area contributed by atoms with Crippen molar-refractivity contribution in [2.75, 3.05) is 44.6 Å². The van der Waals surface area contributed by atoms with Gasteiger partial charge >= 0.3 is 0 Å². The summed E-state index contributed by atoms with van der Waals surface area (Å²) in [7, 11) is 0. The molecule has 0 saturated carbocycles. The molecule has 0 bridgehead atoms. The van der Waals surface area contributed by atoms with Crippen molar-refractivity contribution in [2.24, 2.45) is 0 Å². The maximum atomic E-state index is 12.5. The van der Waals surface area contributed by atoms with E-state index in [-0.39, 0.29) is 11.9 Å². The predicted octanol–water partition coefficient (Wildman–Crippen LogP) is 2.57. The summed E-state index contributed by atoms with van der Waals surface area (Å²) in [6, 6.07) is 7.58. The van der Waals surface area contributed by atoms with Gasteiger partial charge in [-0.3, -0.25) is 14.6 Å². The van der Waals surface area contributed by atoms with Crippen molar-refractivity contribution in [1.29, 1.82) is 0 Å². The van der Waals surface area contributed by atoms with Crippen LogP contribution in [0.2, 0.25) is 0 Å². The molecule has 6 heteroatoms. The lowest BCUT2D eigenvalue weighted by Gasteiger charge is -2.38. The molecular weight excluding hydrogens is 370 g/mol. The number of nitrogens with one attached hydrogen (secondary N) is 1. The number of carbonyl (C=O) groups is 1. The monoisotopic (exact) mass is 395 g/mol. The molecule has 0 radical (unpaired) electrons. The Bertz CT molecular complexity index is 538. The van der Waals surface area contributed by atoms with Crippen LogP contribution in [-0.2, 0) is 9.53 Å². The molecule has 1 aromatic carbocycles. The fourth-order valence-corrected chi connectivity index (χ4v) is 3.62. The first kappa shape index (κ1) is 17.9. The molecule has 1 N–H and O–H groups in total. The van der Waals surface area contributed by atoms with Gasteiger partial charge in [0.1, 0.15) is 0 Å². The first-order valence-corrected chi connectivity index (χ1v) is 9.55. The second-order valence-electron chi connectivity index (χ2n) is 6.64. The summed E-state index contributed by atoms with van der Waals surface area (Å²) >= 11 is 3.41. The van der Waals surface area contributed by atoms with Gasteiger partial charge in [0.25, 0.3) is 0 Å². The lowest BCUT2D eigenvalue weighted by molar-refractivity contribution is -0.121. The summed E-state index contributed by atoms with van der Waals surface area (Å²) in [6.45, 7) is 7.82. The van der Waals surface area contributed by atoms with Crippen molar-refractivity contribution < 1.29 is 9.53 Å². The molecule has 2 aliphatic heterocycles. The summed E-state index contributed by atoms with van der Waals surface area (Å²) in [5.74, 6) is 0.0601. The van der Waals surface area contributed by atoms with Gasteiger partial charge in [0.05, 0.1) is 12.1 Å². The van der Waals surface area contributed by atoms with E-state index in [2.05, 4.69) is 31.0 Å². The number of anilines is 1. The highest BCUT2D eigenvalue weighted by Crippen LogP contribution is 2.17. The number of amides is 1. The minimum atomic E-state index is -0.112. The zero-order chi connectivity index (χ0) is 16.9. The normalized spacial score (nSPS) is 24.0. The van der Waals surface area contributed by atoms with Crippen LogP contribution in [0.1, 0.15) is 19.8 Å². The Morgan fingerprint density at radius 3 is 2.62 bits per heavy atom. The molecule has 0 spiro atoms. The highest BCUT2D eigenvalue weighted by molar-refractivity contribution is 9.10. The van der Waals surface area contributed by atoms with Crippen LogP contribution in [0.4, 0.5) is 5.69 Å². The van der Waals surface area contributed by atoms with Gasteiger partial charge in [-0.25, -0.2) is 0 Å². The SMILES string of the molecule is CC(C(=O)Nc1ccc(Br)cc1)N1CCN(CC2CCCO2)CC1. The van der Waals surface area contributed by atoms with Gasteiger partial charge in [0.15, 0.2) is 0 Å². The molecule has 24 heavy (non-hydrogen) atoms. The van der Waals surface area contributed by atoms with Crippen LogP contribution in [0.5, 0.6) is 0 Å². The third-order valence-corrected chi connectivity index (χ3v) is 5.46. The van der Waals surface area contributed by atoms with Crippen LogP contribution < -0.4 is 5.32 Å². The van der Waals surface area contributed by atoms with E-state index in [1.54, 1.807) is 0 Å². The van der Waals surface area contributed by atoms with Crippen LogP contribution >= 0.6 is 15.9 Å². The van der Waals surface area contributed by atoms with Gasteiger partial charge in [-0.05, 0) is 44.0 Å². The van der Waals surface area contributed by atoms with E-state index >= 15 is 0 Å². The van der Waals surface area contributed by atoms with Gasteiger partial charge in [-0.1, -0.05) is 15.9 Å². The number of benzene rings is 1. The Labute approximate surface area is 152 Å². The molecule has 1 aromatic rings. The maximum Gasteiger partial charge on any atom is 0.241 e. The molecule has 0 aliphatic carbocycles. The van der Waals surface area contributed by atoms with Crippen LogP contribution in [0.3, 0.4) is 0 Å². The molecule has 3 rings (SSSR count). The van der Waals surface area contributed by atoms with E-state index in [0.717, 1.165) is 49.5 Å². The van der Waals surface area contributed by atoms with E-state index in [0.29, 0.717) is 6.10 Å². The molecule has 2 fully saturated rings. The second kappa shape index (κ2) is 8.43. The lowest BCUT2D eigenvalue weighted by Crippen LogP contribution is -2.53. The van der Waals surface area contributed by atoms with Crippen LogP contribution in [0.25, 0.3) is 0 Å². The highest BCUT2D eigenvalue weighted by atomic mass is 79.9. The highest BCUT2D eigenvalue weighted by Gasteiger charge is 2.27. The largest absolute Gasteiger partial charge is 0.377 e. The molecule has 2 atom stereocenters. The average molecular weight is 396 g/mol. The van der Waals surface area contributed by atoms with Crippen molar-refractivity contribution in [3.05, 3.63) is 28.7 Å². The summed E-state index contributed by atoms with van der Waals surface area (Å²) in [5.41, 5.74) is 0.840. The number of ether oxygens (including phenoxy) is 1. The molecular formula is C18H26BrN3O2. The first-order valence-electron chi connectivity index (χ1n) is 8.76. The van der Waals surface area contributed by atoms with E-state index < -0.39 is 0 Å². The molecule has 1 amide bonds. The zero-order valence-electron chi connectivity index (χ0n) is 14.2. The molecule has 5 nitrogen and oxygen atoms in total. The fraction of sp³-hybridized carbons (Fsp3) is 0.611. The number of piperazine rings is 1. The van der Waals surface area contributed by atoms with Crippen molar-refractivity contribution in [1.82, 2.24) is 9.80 Å².